The Labute approximate surface area is 170 Å². The van der Waals surface area contributed by atoms with Crippen LogP contribution in [-0.4, -0.2) is 25.0 Å². The largest absolute Gasteiger partial charge is 0.433 e. The van der Waals surface area contributed by atoms with Crippen LogP contribution in [0.5, 0.6) is 0 Å². The van der Waals surface area contributed by atoms with Crippen molar-refractivity contribution in [2.45, 2.75) is 57.3 Å². The molecule has 164 valence electrons. The van der Waals surface area contributed by atoms with Crippen molar-refractivity contribution in [2.24, 2.45) is 9.50 Å². The number of pyridine rings is 1. The molecule has 1 unspecified atom stereocenters. The smallest absolute Gasteiger partial charge is 0.305 e. The lowest BCUT2D eigenvalue weighted by atomic mass is 10.1. The number of fused-ring (bicyclic) bond motifs is 1. The second kappa shape index (κ2) is 7.61. The molecule has 0 radical (unpaired) electrons. The van der Waals surface area contributed by atoms with E-state index in [-0.39, 0.29) is 23.0 Å². The minimum atomic E-state index is -4.72. The Balaban J connectivity index is 2.01. The number of nitrogens with zero attached hydrogens (tertiary/aromatic N) is 4. The van der Waals surface area contributed by atoms with Gasteiger partial charge in [0.2, 0.25) is 5.03 Å². The van der Waals surface area contributed by atoms with Gasteiger partial charge in [0.15, 0.2) is 15.7 Å². The van der Waals surface area contributed by atoms with Gasteiger partial charge in [-0.2, -0.15) is 18.3 Å². The van der Waals surface area contributed by atoms with Crippen LogP contribution >= 0.6 is 0 Å². The third-order valence-corrected chi connectivity index (χ3v) is 5.92. The van der Waals surface area contributed by atoms with Gasteiger partial charge in [-0.1, -0.05) is 0 Å². The summed E-state index contributed by atoms with van der Waals surface area (Å²) in [6, 6.07) is -1.53. The second-order valence-electron chi connectivity index (χ2n) is 7.18. The van der Waals surface area contributed by atoms with E-state index >= 15 is 0 Å². The first-order valence-corrected chi connectivity index (χ1v) is 10.6. The monoisotopic (exact) mass is 448 g/mol. The number of carbonyl (C=O) groups excluding carboxylic acids is 1. The van der Waals surface area contributed by atoms with Gasteiger partial charge in [0.25, 0.3) is 0 Å². The van der Waals surface area contributed by atoms with Gasteiger partial charge in [-0.15, -0.1) is 4.36 Å². The fourth-order valence-electron chi connectivity index (χ4n) is 3.24. The third-order valence-electron chi connectivity index (χ3n) is 4.65. The summed E-state index contributed by atoms with van der Waals surface area (Å²) in [4.78, 5) is 16.1. The molecule has 1 aliphatic carbocycles. The minimum absolute atomic E-state index is 0.0954. The van der Waals surface area contributed by atoms with Gasteiger partial charge in [-0.05, 0) is 45.6 Å². The van der Waals surface area contributed by atoms with E-state index in [2.05, 4.69) is 19.8 Å². The summed E-state index contributed by atoms with van der Waals surface area (Å²) in [5, 5.41) is 10.8. The van der Waals surface area contributed by atoms with Crippen LogP contribution < -0.4 is 10.5 Å². The molecule has 1 aliphatic rings. The molecule has 2 aromatic rings. The molecule has 2 aromatic heterocycles. The average molecular weight is 448 g/mol. The first-order chi connectivity index (χ1) is 13.8. The summed E-state index contributed by atoms with van der Waals surface area (Å²) >= 11 is 0. The van der Waals surface area contributed by atoms with Crippen molar-refractivity contribution < 1.29 is 26.6 Å². The van der Waals surface area contributed by atoms with E-state index in [9.17, 15) is 26.6 Å². The first-order valence-electron chi connectivity index (χ1n) is 9.01. The number of rotatable bonds is 3. The van der Waals surface area contributed by atoms with E-state index < -0.39 is 38.7 Å². The van der Waals surface area contributed by atoms with Gasteiger partial charge in [-0.25, -0.2) is 23.5 Å². The number of aromatic nitrogens is 3. The maximum atomic E-state index is 14.1. The summed E-state index contributed by atoms with van der Waals surface area (Å²) in [5.41, 5.74) is -0.803. The molecule has 1 atom stereocenters. The molecule has 3 rings (SSSR count). The average Bonchev–Trinajstić information content (AvgIpc) is 3.22. The molecule has 0 fully saturated rings. The zero-order valence-corrected chi connectivity index (χ0v) is 17.2. The molecule has 0 saturated carbocycles. The number of halogens is 4. The summed E-state index contributed by atoms with van der Waals surface area (Å²) in [5.74, 6) is -1.01. The van der Waals surface area contributed by atoms with Crippen LogP contribution in [0, 0.1) is 12.7 Å². The molecule has 0 aliphatic heterocycles. The number of aryl methyl sites for hydroxylation is 1. The lowest BCUT2D eigenvalue weighted by Crippen LogP contribution is -2.21. The molecule has 13 heteroatoms. The fraction of sp³-hybridized carbons (Fsp3) is 0.471. The van der Waals surface area contributed by atoms with Crippen molar-refractivity contribution in [3.05, 3.63) is 34.5 Å². The van der Waals surface area contributed by atoms with Crippen molar-refractivity contribution in [1.29, 1.82) is 0 Å². The summed E-state index contributed by atoms with van der Waals surface area (Å²) in [6.07, 6.45) is -2.41. The van der Waals surface area contributed by atoms with Gasteiger partial charge in [0, 0.05) is 17.3 Å². The maximum absolute atomic E-state index is 14.1. The quantitative estimate of drug-likeness (QED) is 0.696. The molecular formula is C17H20F4N6O2S. The van der Waals surface area contributed by atoms with Gasteiger partial charge < -0.3 is 5.32 Å². The molecule has 0 aromatic carbocycles. The lowest BCUT2D eigenvalue weighted by Gasteiger charge is -2.17. The van der Waals surface area contributed by atoms with Crippen LogP contribution in [0.15, 0.2) is 15.6 Å². The van der Waals surface area contributed by atoms with E-state index in [4.69, 9.17) is 5.14 Å². The van der Waals surface area contributed by atoms with Crippen LogP contribution in [0.25, 0.3) is 0 Å². The Morgan fingerprint density at radius 2 is 2.03 bits per heavy atom. The lowest BCUT2D eigenvalue weighted by molar-refractivity contribution is -0.141. The van der Waals surface area contributed by atoms with Gasteiger partial charge in [-0.3, -0.25) is 4.68 Å². The van der Waals surface area contributed by atoms with E-state index in [1.807, 2.05) is 0 Å². The minimum Gasteiger partial charge on any atom is -0.305 e. The standard InChI is InChI=1S/C17H20F4N6O2S/c1-8(2)27-7-11(18)15(25-27)30(22,29)26-16(28)24-13-9(3)14(17(19,20)21)23-12-6-4-5-10(12)13/h7-8H,4-6H2,1-3H3,(H3,22,23,24,26,28,29). The number of amides is 2. The number of hydrogen-bond acceptors (Lipinski definition) is 4. The van der Waals surface area contributed by atoms with E-state index in [0.717, 1.165) is 6.20 Å². The zero-order chi connectivity index (χ0) is 22.4. The van der Waals surface area contributed by atoms with Crippen molar-refractivity contribution in [3.8, 4) is 0 Å². The Kier molecular flexibility index (Phi) is 5.62. The van der Waals surface area contributed by atoms with E-state index in [1.165, 1.54) is 11.6 Å². The molecule has 0 spiro atoms. The van der Waals surface area contributed by atoms with Gasteiger partial charge in [0.05, 0.1) is 11.9 Å². The van der Waals surface area contributed by atoms with Gasteiger partial charge in [0.1, 0.15) is 5.69 Å². The summed E-state index contributed by atoms with van der Waals surface area (Å²) < 4.78 is 71.2. The number of anilines is 1. The Morgan fingerprint density at radius 3 is 2.60 bits per heavy atom. The maximum Gasteiger partial charge on any atom is 0.433 e. The van der Waals surface area contributed by atoms with Crippen LogP contribution in [0.2, 0.25) is 0 Å². The van der Waals surface area contributed by atoms with E-state index in [1.54, 1.807) is 13.8 Å². The molecule has 30 heavy (non-hydrogen) atoms. The number of nitrogens with two attached hydrogens (primary N) is 1. The van der Waals surface area contributed by atoms with Crippen molar-refractivity contribution in [1.82, 2.24) is 14.8 Å². The summed E-state index contributed by atoms with van der Waals surface area (Å²) in [7, 11) is -4.07. The van der Waals surface area contributed by atoms with Crippen molar-refractivity contribution in [3.63, 3.8) is 0 Å². The Morgan fingerprint density at radius 1 is 1.37 bits per heavy atom. The highest BCUT2D eigenvalue weighted by molar-refractivity contribution is 7.91. The molecule has 8 nitrogen and oxygen atoms in total. The highest BCUT2D eigenvalue weighted by atomic mass is 32.2. The van der Waals surface area contributed by atoms with Gasteiger partial charge >= 0.3 is 12.2 Å². The third kappa shape index (κ3) is 4.17. The number of alkyl halides is 3. The zero-order valence-electron chi connectivity index (χ0n) is 16.4. The highest BCUT2D eigenvalue weighted by Gasteiger charge is 2.38. The molecule has 0 bridgehead atoms. The predicted octanol–water partition coefficient (Wildman–Crippen LogP) is 3.75. The molecule has 0 saturated heterocycles. The van der Waals surface area contributed by atoms with Crippen LogP contribution in [0.3, 0.4) is 0 Å². The molecular weight excluding hydrogens is 428 g/mol. The number of nitrogens with one attached hydrogen (secondary N) is 1. The normalized spacial score (nSPS) is 15.8. The molecule has 2 heterocycles. The summed E-state index contributed by atoms with van der Waals surface area (Å²) in [6.45, 7) is 4.57. The van der Waals surface area contributed by atoms with E-state index in [0.29, 0.717) is 24.8 Å². The second-order valence-corrected chi connectivity index (χ2v) is 8.89. The molecule has 2 amide bonds. The Bertz CT molecular complexity index is 1130. The van der Waals surface area contributed by atoms with Crippen molar-refractivity contribution in [2.75, 3.05) is 5.32 Å². The Hall–Kier alpha value is -2.54. The number of urea groups is 1. The predicted molar refractivity (Wildman–Crippen MR) is 101 cm³/mol. The highest BCUT2D eigenvalue weighted by Crippen LogP contribution is 2.38. The SMILES string of the molecule is Cc1c(C(F)(F)F)nc2c(c1NC(=O)N=S(N)(=O)c1nn(C(C)C)cc1F)CCC2. The van der Waals surface area contributed by atoms with Crippen LogP contribution in [0.1, 0.15) is 48.8 Å². The molecule has 3 N–H and O–H groups in total. The fourth-order valence-corrected chi connectivity index (χ4v) is 4.16. The van der Waals surface area contributed by atoms with Crippen molar-refractivity contribution >= 4 is 21.6 Å². The van der Waals surface area contributed by atoms with Crippen LogP contribution in [0.4, 0.5) is 28.0 Å². The number of carbonyl (C=O) groups is 1. The topological polar surface area (TPSA) is 115 Å². The first kappa shape index (κ1) is 22.2. The number of hydrogen-bond donors (Lipinski definition) is 2. The van der Waals surface area contributed by atoms with Crippen LogP contribution in [-0.2, 0) is 28.9 Å².